The number of aryl methyl sites for hydroxylation is 1. The molecule has 2 heteroatoms. The van der Waals surface area contributed by atoms with Crippen LogP contribution in [0.4, 0.5) is 5.69 Å². The highest BCUT2D eigenvalue weighted by molar-refractivity contribution is 5.51. The Bertz CT molecular complexity index is 494. The topological polar surface area (TPSA) is 32.3 Å². The molecule has 0 aliphatic heterocycles. The second-order valence-electron chi connectivity index (χ2n) is 4.10. The lowest BCUT2D eigenvalue weighted by Gasteiger charge is -2.11. The molecule has 0 aliphatic carbocycles. The van der Waals surface area contributed by atoms with Crippen molar-refractivity contribution in [3.8, 4) is 0 Å². The summed E-state index contributed by atoms with van der Waals surface area (Å²) in [6, 6.07) is 16.1. The molecule has 0 amide bonds. The lowest BCUT2D eigenvalue weighted by atomic mass is 10.1. The van der Waals surface area contributed by atoms with Crippen molar-refractivity contribution in [3.05, 3.63) is 65.2 Å². The van der Waals surface area contributed by atoms with Gasteiger partial charge in [0.1, 0.15) is 0 Å². The number of nitrogens with one attached hydrogen (secondary N) is 1. The van der Waals surface area contributed by atoms with Crippen LogP contribution < -0.4 is 5.32 Å². The minimum absolute atomic E-state index is 0.0664. The number of anilines is 1. The molecule has 88 valence electrons. The summed E-state index contributed by atoms with van der Waals surface area (Å²) in [7, 11) is 0. The summed E-state index contributed by atoms with van der Waals surface area (Å²) in [5.74, 6) is 0. The normalized spacial score (nSPS) is 10.2. The Labute approximate surface area is 102 Å². The minimum Gasteiger partial charge on any atom is -0.392 e. The van der Waals surface area contributed by atoms with E-state index in [0.29, 0.717) is 0 Å². The number of aliphatic hydroxyl groups excluding tert-OH is 1. The molecule has 0 aliphatic rings. The summed E-state index contributed by atoms with van der Waals surface area (Å²) in [6.45, 7) is 2.95. The predicted octanol–water partition coefficient (Wildman–Crippen LogP) is 3.10. The largest absolute Gasteiger partial charge is 0.392 e. The van der Waals surface area contributed by atoms with Crippen molar-refractivity contribution in [2.45, 2.75) is 20.1 Å². The molecule has 0 aromatic heterocycles. The molecule has 2 nitrogen and oxygen atoms in total. The smallest absolute Gasteiger partial charge is 0.0701 e. The predicted molar refractivity (Wildman–Crippen MR) is 70.9 cm³/mol. The van der Waals surface area contributed by atoms with E-state index in [1.165, 1.54) is 11.1 Å². The maximum Gasteiger partial charge on any atom is 0.0701 e. The highest BCUT2D eigenvalue weighted by atomic mass is 16.3. The van der Waals surface area contributed by atoms with E-state index in [2.05, 4.69) is 24.4 Å². The summed E-state index contributed by atoms with van der Waals surface area (Å²) in [6.07, 6.45) is 0. The van der Waals surface area contributed by atoms with Crippen molar-refractivity contribution >= 4 is 5.69 Å². The van der Waals surface area contributed by atoms with Gasteiger partial charge in [0.2, 0.25) is 0 Å². The van der Waals surface area contributed by atoms with Gasteiger partial charge >= 0.3 is 0 Å². The molecule has 2 N–H and O–H groups in total. The Hall–Kier alpha value is -1.80. The maximum atomic E-state index is 9.23. The van der Waals surface area contributed by atoms with Crippen LogP contribution in [0.3, 0.4) is 0 Å². The van der Waals surface area contributed by atoms with Crippen LogP contribution in [0.2, 0.25) is 0 Å². The van der Waals surface area contributed by atoms with E-state index in [1.54, 1.807) is 0 Å². The summed E-state index contributed by atoms with van der Waals surface area (Å²) in [4.78, 5) is 0. The zero-order valence-electron chi connectivity index (χ0n) is 9.98. The minimum atomic E-state index is 0.0664. The molecule has 17 heavy (non-hydrogen) atoms. The van der Waals surface area contributed by atoms with Gasteiger partial charge in [-0.2, -0.15) is 0 Å². The van der Waals surface area contributed by atoms with Crippen LogP contribution in [0.1, 0.15) is 16.7 Å². The monoisotopic (exact) mass is 227 g/mol. The van der Waals surface area contributed by atoms with Gasteiger partial charge < -0.3 is 10.4 Å². The second-order valence-corrected chi connectivity index (χ2v) is 4.10. The van der Waals surface area contributed by atoms with Gasteiger partial charge in [0.05, 0.1) is 6.61 Å². The lowest BCUT2D eigenvalue weighted by Crippen LogP contribution is -2.03. The highest BCUT2D eigenvalue weighted by Gasteiger charge is 2.01. The molecule has 0 fully saturated rings. The van der Waals surface area contributed by atoms with E-state index in [0.717, 1.165) is 17.8 Å². The Morgan fingerprint density at radius 3 is 2.29 bits per heavy atom. The van der Waals surface area contributed by atoms with E-state index in [-0.39, 0.29) is 6.61 Å². The quantitative estimate of drug-likeness (QED) is 0.841. The Kier molecular flexibility index (Phi) is 3.78. The average Bonchev–Trinajstić information content (AvgIpc) is 2.38. The summed E-state index contributed by atoms with van der Waals surface area (Å²) in [5.41, 5.74) is 4.49. The van der Waals surface area contributed by atoms with Crippen molar-refractivity contribution in [2.24, 2.45) is 0 Å². The van der Waals surface area contributed by atoms with Crippen molar-refractivity contribution in [1.82, 2.24) is 0 Å². The van der Waals surface area contributed by atoms with Crippen LogP contribution in [0, 0.1) is 6.92 Å². The van der Waals surface area contributed by atoms with Gasteiger partial charge in [-0.25, -0.2) is 0 Å². The zero-order chi connectivity index (χ0) is 12.1. The molecule has 0 unspecified atom stereocenters. The molecule has 0 saturated heterocycles. The van der Waals surface area contributed by atoms with Crippen LogP contribution in [0.15, 0.2) is 48.5 Å². The molecule has 0 saturated carbocycles. The summed E-state index contributed by atoms with van der Waals surface area (Å²) < 4.78 is 0. The molecule has 0 spiro atoms. The van der Waals surface area contributed by atoms with Crippen LogP contribution in [0.25, 0.3) is 0 Å². The third-order valence-electron chi connectivity index (χ3n) is 2.92. The first-order valence-corrected chi connectivity index (χ1v) is 5.78. The SMILES string of the molecule is Cc1ccccc1CNc1ccccc1CO. The standard InChI is InChI=1S/C15H17NO/c1-12-6-2-3-7-13(12)10-16-15-9-5-4-8-14(15)11-17/h2-9,16-17H,10-11H2,1H3. The van der Waals surface area contributed by atoms with Gasteiger partial charge in [0.25, 0.3) is 0 Å². The van der Waals surface area contributed by atoms with Crippen molar-refractivity contribution in [2.75, 3.05) is 5.32 Å². The van der Waals surface area contributed by atoms with Crippen LogP contribution in [-0.2, 0) is 13.2 Å². The molecular weight excluding hydrogens is 210 g/mol. The summed E-state index contributed by atoms with van der Waals surface area (Å²) in [5, 5.41) is 12.6. The van der Waals surface area contributed by atoms with Gasteiger partial charge in [-0.3, -0.25) is 0 Å². The van der Waals surface area contributed by atoms with Gasteiger partial charge in [0, 0.05) is 17.8 Å². The zero-order valence-corrected chi connectivity index (χ0v) is 9.98. The maximum absolute atomic E-state index is 9.23. The highest BCUT2D eigenvalue weighted by Crippen LogP contribution is 2.16. The van der Waals surface area contributed by atoms with Gasteiger partial charge in [-0.05, 0) is 24.1 Å². The van der Waals surface area contributed by atoms with Crippen molar-refractivity contribution in [1.29, 1.82) is 0 Å². The third-order valence-corrected chi connectivity index (χ3v) is 2.92. The fourth-order valence-electron chi connectivity index (χ4n) is 1.83. The molecule has 0 radical (unpaired) electrons. The van der Waals surface area contributed by atoms with Crippen LogP contribution in [-0.4, -0.2) is 5.11 Å². The summed E-state index contributed by atoms with van der Waals surface area (Å²) >= 11 is 0. The number of hydrogen-bond acceptors (Lipinski definition) is 2. The van der Waals surface area contributed by atoms with E-state index in [4.69, 9.17) is 0 Å². The van der Waals surface area contributed by atoms with E-state index in [9.17, 15) is 5.11 Å². The number of aliphatic hydroxyl groups is 1. The van der Waals surface area contributed by atoms with Gasteiger partial charge in [-0.15, -0.1) is 0 Å². The van der Waals surface area contributed by atoms with Gasteiger partial charge in [-0.1, -0.05) is 42.5 Å². The number of rotatable bonds is 4. The van der Waals surface area contributed by atoms with Crippen LogP contribution in [0.5, 0.6) is 0 Å². The Balaban J connectivity index is 2.10. The first-order chi connectivity index (χ1) is 8.31. The Morgan fingerprint density at radius 2 is 1.59 bits per heavy atom. The molecule has 0 atom stereocenters. The molecule has 2 rings (SSSR count). The number of para-hydroxylation sites is 1. The number of benzene rings is 2. The lowest BCUT2D eigenvalue weighted by molar-refractivity contribution is 0.282. The molecule has 2 aromatic rings. The van der Waals surface area contributed by atoms with Crippen molar-refractivity contribution in [3.63, 3.8) is 0 Å². The Morgan fingerprint density at radius 1 is 0.941 bits per heavy atom. The molecule has 2 aromatic carbocycles. The molecular formula is C15H17NO. The number of hydrogen-bond donors (Lipinski definition) is 2. The van der Waals surface area contributed by atoms with Crippen LogP contribution >= 0.6 is 0 Å². The van der Waals surface area contributed by atoms with Gasteiger partial charge in [0.15, 0.2) is 0 Å². The van der Waals surface area contributed by atoms with E-state index < -0.39 is 0 Å². The first kappa shape index (κ1) is 11.7. The third kappa shape index (κ3) is 2.86. The fourth-order valence-corrected chi connectivity index (χ4v) is 1.83. The first-order valence-electron chi connectivity index (χ1n) is 5.78. The second kappa shape index (κ2) is 5.51. The van der Waals surface area contributed by atoms with E-state index in [1.807, 2.05) is 36.4 Å². The molecule has 0 heterocycles. The molecule has 0 bridgehead atoms. The van der Waals surface area contributed by atoms with E-state index >= 15 is 0 Å². The average molecular weight is 227 g/mol. The fraction of sp³-hybridized carbons (Fsp3) is 0.200. The van der Waals surface area contributed by atoms with Crippen molar-refractivity contribution < 1.29 is 5.11 Å².